The van der Waals surface area contributed by atoms with Gasteiger partial charge in [0.05, 0.1) is 19.4 Å². The van der Waals surface area contributed by atoms with E-state index in [9.17, 15) is 4.79 Å². The van der Waals surface area contributed by atoms with E-state index >= 15 is 0 Å². The summed E-state index contributed by atoms with van der Waals surface area (Å²) in [7, 11) is 1.88. The predicted molar refractivity (Wildman–Crippen MR) is 57.3 cm³/mol. The molecule has 6 heteroatoms. The van der Waals surface area contributed by atoms with Crippen LogP contribution in [-0.4, -0.2) is 28.2 Å². The highest BCUT2D eigenvalue weighted by Crippen LogP contribution is 2.09. The molecule has 0 aliphatic carbocycles. The van der Waals surface area contributed by atoms with E-state index in [4.69, 9.17) is 14.0 Å². The van der Waals surface area contributed by atoms with Crippen LogP contribution in [0.1, 0.15) is 22.0 Å². The average Bonchev–Trinajstić information content (AvgIpc) is 2.88. The molecule has 0 radical (unpaired) electrons. The summed E-state index contributed by atoms with van der Waals surface area (Å²) in [5.74, 6) is 0.260. The fourth-order valence-corrected chi connectivity index (χ4v) is 1.48. The Bertz CT molecular complexity index is 489. The maximum Gasteiger partial charge on any atom is 0.358 e. The number of nitrogens with zero attached hydrogens (tertiary/aromatic N) is 2. The van der Waals surface area contributed by atoms with Gasteiger partial charge in [-0.1, -0.05) is 5.16 Å². The molecular formula is C11H12N2O4. The molecule has 2 aromatic heterocycles. The lowest BCUT2D eigenvalue weighted by molar-refractivity contribution is 0.0685. The van der Waals surface area contributed by atoms with Gasteiger partial charge in [-0.2, -0.15) is 0 Å². The van der Waals surface area contributed by atoms with Crippen molar-refractivity contribution in [1.29, 1.82) is 0 Å². The molecule has 17 heavy (non-hydrogen) atoms. The maximum atomic E-state index is 10.6. The highest BCUT2D eigenvalue weighted by molar-refractivity contribution is 5.85. The summed E-state index contributed by atoms with van der Waals surface area (Å²) < 4.78 is 10.1. The van der Waals surface area contributed by atoms with E-state index in [1.165, 1.54) is 6.07 Å². The summed E-state index contributed by atoms with van der Waals surface area (Å²) >= 11 is 0. The second kappa shape index (κ2) is 4.84. The fourth-order valence-electron chi connectivity index (χ4n) is 1.48. The topological polar surface area (TPSA) is 79.7 Å². The second-order valence-electron chi connectivity index (χ2n) is 3.74. The Morgan fingerprint density at radius 1 is 1.47 bits per heavy atom. The van der Waals surface area contributed by atoms with Gasteiger partial charge in [0, 0.05) is 6.07 Å². The SMILES string of the molecule is CN(Cc1ccco1)Cc1cc(C(=O)O)no1. The van der Waals surface area contributed by atoms with Gasteiger partial charge < -0.3 is 14.0 Å². The second-order valence-corrected chi connectivity index (χ2v) is 3.74. The molecule has 0 spiro atoms. The van der Waals surface area contributed by atoms with Gasteiger partial charge in [-0.3, -0.25) is 4.90 Å². The molecule has 0 saturated heterocycles. The minimum absolute atomic E-state index is 0.0774. The van der Waals surface area contributed by atoms with Gasteiger partial charge in [0.25, 0.3) is 0 Å². The van der Waals surface area contributed by atoms with Crippen LogP contribution in [0.2, 0.25) is 0 Å². The fraction of sp³-hybridized carbons (Fsp3) is 0.273. The highest BCUT2D eigenvalue weighted by atomic mass is 16.5. The van der Waals surface area contributed by atoms with Gasteiger partial charge in [-0.25, -0.2) is 4.79 Å². The number of carboxylic acids is 1. The van der Waals surface area contributed by atoms with Crippen molar-refractivity contribution >= 4 is 5.97 Å². The smallest absolute Gasteiger partial charge is 0.358 e. The van der Waals surface area contributed by atoms with Gasteiger partial charge in [0.15, 0.2) is 11.5 Å². The van der Waals surface area contributed by atoms with Crippen molar-refractivity contribution in [3.05, 3.63) is 41.7 Å². The third-order valence-corrected chi connectivity index (χ3v) is 2.21. The van der Waals surface area contributed by atoms with Crippen molar-refractivity contribution in [2.45, 2.75) is 13.1 Å². The molecule has 0 amide bonds. The number of hydrogen-bond acceptors (Lipinski definition) is 5. The van der Waals surface area contributed by atoms with E-state index in [1.54, 1.807) is 6.26 Å². The molecule has 1 N–H and O–H groups in total. The summed E-state index contributed by atoms with van der Waals surface area (Å²) in [6.45, 7) is 1.09. The van der Waals surface area contributed by atoms with Crippen molar-refractivity contribution < 1.29 is 18.8 Å². The molecule has 6 nitrogen and oxygen atoms in total. The standard InChI is InChI=1S/C11H12N2O4/c1-13(6-8-3-2-4-16-8)7-9-5-10(11(14)15)12-17-9/h2-5H,6-7H2,1H3,(H,14,15). The summed E-state index contributed by atoms with van der Waals surface area (Å²) in [4.78, 5) is 12.5. The van der Waals surface area contributed by atoms with Crippen LogP contribution in [0, 0.1) is 0 Å². The Morgan fingerprint density at radius 3 is 2.82 bits per heavy atom. The van der Waals surface area contributed by atoms with Crippen molar-refractivity contribution in [3.63, 3.8) is 0 Å². The normalized spacial score (nSPS) is 10.9. The molecule has 0 atom stereocenters. The Kier molecular flexibility index (Phi) is 3.24. The molecule has 0 aliphatic heterocycles. The van der Waals surface area contributed by atoms with E-state index < -0.39 is 5.97 Å². The molecular weight excluding hydrogens is 224 g/mol. The number of aromatic carboxylic acids is 1. The minimum Gasteiger partial charge on any atom is -0.476 e. The Hall–Kier alpha value is -2.08. The first-order valence-corrected chi connectivity index (χ1v) is 5.05. The number of carboxylic acid groups (broad SMARTS) is 1. The van der Waals surface area contributed by atoms with Gasteiger partial charge in [-0.05, 0) is 19.2 Å². The zero-order valence-corrected chi connectivity index (χ0v) is 9.29. The number of aromatic nitrogens is 1. The number of hydrogen-bond donors (Lipinski definition) is 1. The third-order valence-electron chi connectivity index (χ3n) is 2.21. The van der Waals surface area contributed by atoms with Crippen LogP contribution < -0.4 is 0 Å². The molecule has 90 valence electrons. The van der Waals surface area contributed by atoms with Gasteiger partial charge >= 0.3 is 5.97 Å². The van der Waals surface area contributed by atoms with Crippen molar-refractivity contribution in [1.82, 2.24) is 10.1 Å². The van der Waals surface area contributed by atoms with E-state index in [1.807, 2.05) is 24.1 Å². The average molecular weight is 236 g/mol. The van der Waals surface area contributed by atoms with E-state index in [0.29, 0.717) is 18.8 Å². The minimum atomic E-state index is -1.09. The number of rotatable bonds is 5. The quantitative estimate of drug-likeness (QED) is 0.849. The predicted octanol–water partition coefficient (Wildman–Crippen LogP) is 1.60. The number of carbonyl (C=O) groups is 1. The first-order valence-electron chi connectivity index (χ1n) is 5.05. The number of furan rings is 1. The van der Waals surface area contributed by atoms with Crippen LogP contribution in [0.15, 0.2) is 33.4 Å². The first-order chi connectivity index (χ1) is 8.15. The van der Waals surface area contributed by atoms with Crippen LogP contribution in [-0.2, 0) is 13.1 Å². The molecule has 0 saturated carbocycles. The lowest BCUT2D eigenvalue weighted by atomic mass is 10.3. The lowest BCUT2D eigenvalue weighted by Crippen LogP contribution is -2.16. The van der Waals surface area contributed by atoms with Crippen molar-refractivity contribution in [2.75, 3.05) is 7.05 Å². The zero-order valence-electron chi connectivity index (χ0n) is 9.29. The van der Waals surface area contributed by atoms with Crippen LogP contribution in [0.4, 0.5) is 0 Å². The van der Waals surface area contributed by atoms with Crippen molar-refractivity contribution in [3.8, 4) is 0 Å². The van der Waals surface area contributed by atoms with E-state index in [2.05, 4.69) is 5.16 Å². The van der Waals surface area contributed by atoms with Gasteiger partial charge in [-0.15, -0.1) is 0 Å². The summed E-state index contributed by atoms with van der Waals surface area (Å²) in [5, 5.41) is 12.1. The molecule has 0 unspecified atom stereocenters. The van der Waals surface area contributed by atoms with Crippen LogP contribution in [0.3, 0.4) is 0 Å². The van der Waals surface area contributed by atoms with E-state index in [-0.39, 0.29) is 5.69 Å². The molecule has 0 bridgehead atoms. The molecule has 0 aliphatic rings. The molecule has 0 aromatic carbocycles. The molecule has 2 rings (SSSR count). The largest absolute Gasteiger partial charge is 0.476 e. The first kappa shape index (κ1) is 11.4. The monoisotopic (exact) mass is 236 g/mol. The molecule has 2 heterocycles. The highest BCUT2D eigenvalue weighted by Gasteiger charge is 2.12. The lowest BCUT2D eigenvalue weighted by Gasteiger charge is -2.12. The summed E-state index contributed by atoms with van der Waals surface area (Å²) in [5.41, 5.74) is -0.0774. The molecule has 0 fully saturated rings. The maximum absolute atomic E-state index is 10.6. The van der Waals surface area contributed by atoms with Gasteiger partial charge in [0.2, 0.25) is 0 Å². The summed E-state index contributed by atoms with van der Waals surface area (Å²) in [6, 6.07) is 5.11. The van der Waals surface area contributed by atoms with Crippen molar-refractivity contribution in [2.24, 2.45) is 0 Å². The zero-order chi connectivity index (χ0) is 12.3. The molecule has 2 aromatic rings. The third kappa shape index (κ3) is 2.94. The van der Waals surface area contributed by atoms with Crippen LogP contribution in [0.25, 0.3) is 0 Å². The Labute approximate surface area is 97.4 Å². The van der Waals surface area contributed by atoms with Gasteiger partial charge in [0.1, 0.15) is 5.76 Å². The Balaban J connectivity index is 1.93. The van der Waals surface area contributed by atoms with Crippen LogP contribution in [0.5, 0.6) is 0 Å². The summed E-state index contributed by atoms with van der Waals surface area (Å²) in [6.07, 6.45) is 1.61. The van der Waals surface area contributed by atoms with Crippen LogP contribution >= 0.6 is 0 Å². The Morgan fingerprint density at radius 2 is 2.24 bits per heavy atom. The van der Waals surface area contributed by atoms with E-state index in [0.717, 1.165) is 5.76 Å².